The van der Waals surface area contributed by atoms with Gasteiger partial charge in [-0.3, -0.25) is 19.5 Å². The molecule has 8 nitrogen and oxygen atoms in total. The molecule has 0 fully saturated rings. The fourth-order valence-corrected chi connectivity index (χ4v) is 3.92. The molecule has 32 heavy (non-hydrogen) atoms. The molecule has 0 bridgehead atoms. The zero-order valence-corrected chi connectivity index (χ0v) is 17.0. The first-order valence-electron chi connectivity index (χ1n) is 9.31. The van der Waals surface area contributed by atoms with Crippen LogP contribution in [-0.2, 0) is 11.3 Å². The Hall–Kier alpha value is -3.67. The van der Waals surface area contributed by atoms with Gasteiger partial charge in [0.15, 0.2) is 11.7 Å². The fraction of sp³-hybridized carbons (Fsp3) is 0.200. The number of hydrogen-bond acceptors (Lipinski definition) is 6. The zero-order chi connectivity index (χ0) is 22.9. The lowest BCUT2D eigenvalue weighted by molar-refractivity contribution is -0.153. The molecule has 0 atom stereocenters. The molecule has 2 aromatic heterocycles. The van der Waals surface area contributed by atoms with E-state index in [9.17, 15) is 27.6 Å². The molecule has 0 aliphatic heterocycles. The summed E-state index contributed by atoms with van der Waals surface area (Å²) in [4.78, 5) is 41.1. The van der Waals surface area contributed by atoms with E-state index in [0.29, 0.717) is 10.2 Å². The molecule has 0 saturated heterocycles. The summed E-state index contributed by atoms with van der Waals surface area (Å²) in [5, 5.41) is 5.81. The molecule has 12 heteroatoms. The number of nitrogens with zero attached hydrogens (tertiary/aromatic N) is 2. The molecule has 0 radical (unpaired) electrons. The van der Waals surface area contributed by atoms with Crippen LogP contribution in [0.1, 0.15) is 6.42 Å². The van der Waals surface area contributed by atoms with Crippen LogP contribution in [-0.4, -0.2) is 33.5 Å². The van der Waals surface area contributed by atoms with Gasteiger partial charge in [0.2, 0.25) is 5.91 Å². The molecular weight excluding hydrogens is 449 g/mol. The van der Waals surface area contributed by atoms with Gasteiger partial charge in [-0.1, -0.05) is 23.5 Å². The average Bonchev–Trinajstić information content (AvgIpc) is 3.14. The molecule has 2 N–H and O–H groups in total. The van der Waals surface area contributed by atoms with E-state index in [0.717, 1.165) is 16.0 Å². The molecule has 0 spiro atoms. The number of aromatic amines is 1. The molecule has 0 unspecified atom stereocenters. The van der Waals surface area contributed by atoms with E-state index in [4.69, 9.17) is 4.74 Å². The third kappa shape index (κ3) is 4.80. The van der Waals surface area contributed by atoms with E-state index in [1.807, 2.05) is 0 Å². The first kappa shape index (κ1) is 21.6. The molecule has 0 saturated carbocycles. The van der Waals surface area contributed by atoms with E-state index < -0.39 is 29.8 Å². The number of carbonyl (C=O) groups excluding carboxylic acids is 1. The quantitative estimate of drug-likeness (QED) is 0.456. The summed E-state index contributed by atoms with van der Waals surface area (Å²) in [6, 6.07) is 10.6. The van der Waals surface area contributed by atoms with Gasteiger partial charge >= 0.3 is 6.18 Å². The van der Waals surface area contributed by atoms with Crippen molar-refractivity contribution in [1.82, 2.24) is 14.8 Å². The number of benzene rings is 2. The van der Waals surface area contributed by atoms with Crippen LogP contribution in [0.5, 0.6) is 5.75 Å². The molecule has 2 heterocycles. The van der Waals surface area contributed by atoms with Crippen molar-refractivity contribution in [3.8, 4) is 5.75 Å². The monoisotopic (exact) mass is 464 g/mol. The Bertz CT molecular complexity index is 1420. The van der Waals surface area contributed by atoms with Crippen LogP contribution < -0.4 is 21.2 Å². The van der Waals surface area contributed by atoms with Crippen LogP contribution in [0.3, 0.4) is 0 Å². The van der Waals surface area contributed by atoms with Gasteiger partial charge in [-0.05, 0) is 30.3 Å². The Morgan fingerprint density at radius 3 is 2.66 bits per heavy atom. The van der Waals surface area contributed by atoms with Gasteiger partial charge in [0.1, 0.15) is 5.75 Å². The number of rotatable bonds is 6. The summed E-state index contributed by atoms with van der Waals surface area (Å²) in [5.74, 6) is -0.408. The Labute approximate surface area is 181 Å². The first-order chi connectivity index (χ1) is 15.2. The smallest absolute Gasteiger partial charge is 0.422 e. The predicted molar refractivity (Wildman–Crippen MR) is 113 cm³/mol. The highest BCUT2D eigenvalue weighted by Gasteiger charge is 2.28. The van der Waals surface area contributed by atoms with E-state index in [1.165, 1.54) is 24.3 Å². The molecule has 4 aromatic rings. The number of aryl methyl sites for hydroxylation is 1. The van der Waals surface area contributed by atoms with Crippen molar-refractivity contribution in [1.29, 1.82) is 0 Å². The fourth-order valence-electron chi connectivity index (χ4n) is 3.01. The molecular formula is C20H15F3N4O4S. The number of amides is 1. The number of ether oxygens (including phenoxy) is 1. The van der Waals surface area contributed by atoms with Crippen molar-refractivity contribution in [3.05, 3.63) is 63.2 Å². The van der Waals surface area contributed by atoms with E-state index in [2.05, 4.69) is 15.4 Å². The minimum absolute atomic E-state index is 0.0379. The summed E-state index contributed by atoms with van der Waals surface area (Å²) in [6.45, 7) is -1.46. The number of fused-ring (bicyclic) bond motifs is 2. The maximum Gasteiger partial charge on any atom is 0.422 e. The number of halogens is 3. The highest BCUT2D eigenvalue weighted by molar-refractivity contribution is 7.22. The van der Waals surface area contributed by atoms with Gasteiger partial charge in [-0.2, -0.15) is 13.2 Å². The van der Waals surface area contributed by atoms with Crippen LogP contribution in [0.4, 0.5) is 18.3 Å². The maximum absolute atomic E-state index is 12.5. The van der Waals surface area contributed by atoms with Crippen LogP contribution >= 0.6 is 11.3 Å². The second-order valence-electron chi connectivity index (χ2n) is 6.79. The van der Waals surface area contributed by atoms with E-state index in [1.54, 1.807) is 18.2 Å². The Morgan fingerprint density at radius 1 is 1.16 bits per heavy atom. The van der Waals surface area contributed by atoms with Gasteiger partial charge in [-0.15, -0.1) is 0 Å². The third-order valence-corrected chi connectivity index (χ3v) is 5.39. The van der Waals surface area contributed by atoms with Gasteiger partial charge in [0.05, 0.1) is 27.5 Å². The number of alkyl halides is 3. The van der Waals surface area contributed by atoms with Gasteiger partial charge in [-0.25, -0.2) is 9.67 Å². The van der Waals surface area contributed by atoms with E-state index >= 15 is 0 Å². The van der Waals surface area contributed by atoms with Crippen molar-refractivity contribution in [2.24, 2.45) is 0 Å². The largest absolute Gasteiger partial charge is 0.484 e. The number of H-pyrrole nitrogens is 1. The second kappa shape index (κ2) is 8.46. The van der Waals surface area contributed by atoms with E-state index in [-0.39, 0.29) is 34.6 Å². The highest BCUT2D eigenvalue weighted by atomic mass is 32.1. The van der Waals surface area contributed by atoms with Crippen molar-refractivity contribution in [3.63, 3.8) is 0 Å². The Morgan fingerprint density at radius 2 is 1.91 bits per heavy atom. The molecule has 0 aliphatic carbocycles. The van der Waals surface area contributed by atoms with Crippen LogP contribution in [0.2, 0.25) is 0 Å². The summed E-state index contributed by atoms with van der Waals surface area (Å²) in [5.41, 5.74) is -0.366. The van der Waals surface area contributed by atoms with Crippen molar-refractivity contribution in [2.45, 2.75) is 19.1 Å². The number of hydrogen-bond donors (Lipinski definition) is 2. The van der Waals surface area contributed by atoms with Crippen LogP contribution in [0, 0.1) is 0 Å². The number of carbonyl (C=O) groups is 1. The molecule has 1 amide bonds. The molecule has 0 aliphatic rings. The lowest BCUT2D eigenvalue weighted by atomic mass is 10.2. The average molecular weight is 464 g/mol. The number of anilines is 1. The summed E-state index contributed by atoms with van der Waals surface area (Å²) >= 11 is 1.07. The summed E-state index contributed by atoms with van der Waals surface area (Å²) < 4.78 is 43.2. The summed E-state index contributed by atoms with van der Waals surface area (Å²) in [6.07, 6.45) is -4.55. The normalized spacial score (nSPS) is 11.7. The van der Waals surface area contributed by atoms with Gasteiger partial charge in [0.25, 0.3) is 11.1 Å². The maximum atomic E-state index is 12.5. The number of aromatic nitrogens is 3. The Kier molecular flexibility index (Phi) is 5.70. The molecule has 166 valence electrons. The van der Waals surface area contributed by atoms with Crippen molar-refractivity contribution < 1.29 is 22.7 Å². The number of nitrogens with one attached hydrogen (secondary N) is 2. The highest BCUT2D eigenvalue weighted by Crippen LogP contribution is 2.30. The van der Waals surface area contributed by atoms with Crippen LogP contribution in [0.15, 0.2) is 52.1 Å². The number of thiazole rings is 1. The SMILES string of the molecule is O=C(CCn1[nH]c(=O)c2ccccc2c1=O)Nc1nc2ccc(OCC(F)(F)F)cc2s1. The topological polar surface area (TPSA) is 106 Å². The van der Waals surface area contributed by atoms with Gasteiger partial charge in [0, 0.05) is 6.42 Å². The third-order valence-electron chi connectivity index (χ3n) is 4.45. The van der Waals surface area contributed by atoms with Crippen molar-refractivity contribution in [2.75, 3.05) is 11.9 Å². The predicted octanol–water partition coefficient (Wildman–Crippen LogP) is 3.27. The van der Waals surface area contributed by atoms with Crippen molar-refractivity contribution >= 4 is 43.4 Å². The van der Waals surface area contributed by atoms with Gasteiger partial charge < -0.3 is 10.1 Å². The molecule has 2 aromatic carbocycles. The standard InChI is InChI=1S/C20H15F3N4O4S/c21-20(22,23)10-31-11-5-6-14-15(9-11)32-19(24-14)25-16(28)7-8-27-18(30)13-4-2-1-3-12(13)17(29)26-27/h1-6,9H,7-8,10H2,(H,26,29)(H,24,25,28). The Balaban J connectivity index is 1.43. The second-order valence-corrected chi connectivity index (χ2v) is 7.82. The minimum Gasteiger partial charge on any atom is -0.484 e. The lowest BCUT2D eigenvalue weighted by Gasteiger charge is -2.08. The minimum atomic E-state index is -4.45. The summed E-state index contributed by atoms with van der Waals surface area (Å²) in [7, 11) is 0. The zero-order valence-electron chi connectivity index (χ0n) is 16.2. The van der Waals surface area contributed by atoms with Crippen LogP contribution in [0.25, 0.3) is 21.0 Å². The lowest BCUT2D eigenvalue weighted by Crippen LogP contribution is -2.31. The molecule has 4 rings (SSSR count). The first-order valence-corrected chi connectivity index (χ1v) is 10.1.